The van der Waals surface area contributed by atoms with Gasteiger partial charge in [-0.25, -0.2) is 0 Å². The van der Waals surface area contributed by atoms with Crippen molar-refractivity contribution in [2.75, 3.05) is 39.5 Å². The summed E-state index contributed by atoms with van der Waals surface area (Å²) in [6, 6.07) is 0. The van der Waals surface area contributed by atoms with E-state index in [9.17, 15) is 0 Å². The van der Waals surface area contributed by atoms with Crippen molar-refractivity contribution in [1.29, 1.82) is 0 Å². The Balaban J connectivity index is 0.00000225. The van der Waals surface area contributed by atoms with Gasteiger partial charge in [-0.15, -0.1) is 24.0 Å². The number of nitrogens with two attached hydrogens (primary N) is 1. The van der Waals surface area contributed by atoms with E-state index in [-0.39, 0.29) is 30.1 Å². The van der Waals surface area contributed by atoms with E-state index in [1.165, 1.54) is 0 Å². The highest BCUT2D eigenvalue weighted by molar-refractivity contribution is 14.0. The molecule has 5 nitrogen and oxygen atoms in total. The predicted octanol–water partition coefficient (Wildman–Crippen LogP) is 0.676. The van der Waals surface area contributed by atoms with Crippen molar-refractivity contribution < 1.29 is 9.47 Å². The lowest BCUT2D eigenvalue weighted by Gasteiger charge is -2.27. The third-order valence-electron chi connectivity index (χ3n) is 2.15. The minimum Gasteiger partial charge on any atom is -0.378 e. The second-order valence-corrected chi connectivity index (χ2v) is 3.76. The van der Waals surface area contributed by atoms with Crippen LogP contribution in [0.3, 0.4) is 0 Å². The zero-order valence-corrected chi connectivity index (χ0v) is 12.3. The Bertz CT molecular complexity index is 206. The normalized spacial score (nSPS) is 17.4. The molecule has 0 radical (unpaired) electrons. The smallest absolute Gasteiger partial charge is 0.191 e. The minimum absolute atomic E-state index is 0. The molecule has 2 N–H and O–H groups in total. The zero-order valence-electron chi connectivity index (χ0n) is 10.0. The third-order valence-corrected chi connectivity index (χ3v) is 2.15. The summed E-state index contributed by atoms with van der Waals surface area (Å²) in [4.78, 5) is 6.30. The zero-order chi connectivity index (χ0) is 11.1. The number of hydrogen-bond acceptors (Lipinski definition) is 3. The number of nitrogens with zero attached hydrogens (tertiary/aromatic N) is 2. The Labute approximate surface area is 114 Å². The topological polar surface area (TPSA) is 60.1 Å². The molecule has 1 aliphatic heterocycles. The van der Waals surface area contributed by atoms with Gasteiger partial charge in [0.2, 0.25) is 0 Å². The molecule has 1 rings (SSSR count). The molecule has 0 aromatic heterocycles. The second kappa shape index (κ2) is 9.00. The van der Waals surface area contributed by atoms with Crippen molar-refractivity contribution in [3.63, 3.8) is 0 Å². The highest BCUT2D eigenvalue weighted by Gasteiger charge is 2.11. The van der Waals surface area contributed by atoms with Crippen LogP contribution in [0.4, 0.5) is 0 Å². The molecule has 0 unspecified atom stereocenters. The molecular weight excluding hydrogens is 321 g/mol. The maximum atomic E-state index is 5.83. The first kappa shape index (κ1) is 15.9. The fourth-order valence-corrected chi connectivity index (χ4v) is 1.34. The van der Waals surface area contributed by atoms with Gasteiger partial charge in [-0.05, 0) is 13.8 Å². The number of aliphatic imine (C=N–C) groups is 1. The van der Waals surface area contributed by atoms with Crippen molar-refractivity contribution in [3.05, 3.63) is 0 Å². The van der Waals surface area contributed by atoms with E-state index >= 15 is 0 Å². The van der Waals surface area contributed by atoms with Crippen molar-refractivity contribution >= 4 is 29.9 Å². The van der Waals surface area contributed by atoms with E-state index in [0.717, 1.165) is 26.3 Å². The summed E-state index contributed by atoms with van der Waals surface area (Å²) in [7, 11) is 0. The highest BCUT2D eigenvalue weighted by atomic mass is 127. The van der Waals surface area contributed by atoms with E-state index in [1.54, 1.807) is 0 Å². The second-order valence-electron chi connectivity index (χ2n) is 3.76. The summed E-state index contributed by atoms with van der Waals surface area (Å²) in [6.07, 6.45) is 0.254. The van der Waals surface area contributed by atoms with Gasteiger partial charge in [-0.2, -0.15) is 0 Å². The Kier molecular flexibility index (Phi) is 8.96. The van der Waals surface area contributed by atoms with Crippen LogP contribution in [0.1, 0.15) is 13.8 Å². The molecule has 96 valence electrons. The first-order chi connectivity index (χ1) is 7.20. The summed E-state index contributed by atoms with van der Waals surface area (Å²) < 4.78 is 10.6. The fourth-order valence-electron chi connectivity index (χ4n) is 1.34. The molecule has 16 heavy (non-hydrogen) atoms. The van der Waals surface area contributed by atoms with Crippen molar-refractivity contribution in [1.82, 2.24) is 4.90 Å². The van der Waals surface area contributed by atoms with E-state index in [2.05, 4.69) is 4.99 Å². The van der Waals surface area contributed by atoms with Gasteiger partial charge in [0.1, 0.15) is 0 Å². The van der Waals surface area contributed by atoms with Crippen LogP contribution in [0.15, 0.2) is 4.99 Å². The Hall–Kier alpha value is -0.0800. The number of morpholine rings is 1. The van der Waals surface area contributed by atoms with Gasteiger partial charge < -0.3 is 20.1 Å². The number of guanidine groups is 1. The molecule has 1 saturated heterocycles. The molecule has 1 aliphatic rings. The van der Waals surface area contributed by atoms with Crippen LogP contribution in [-0.4, -0.2) is 56.4 Å². The average Bonchev–Trinajstić information content (AvgIpc) is 2.25. The van der Waals surface area contributed by atoms with E-state index < -0.39 is 0 Å². The molecule has 1 fully saturated rings. The summed E-state index contributed by atoms with van der Waals surface area (Å²) in [6.45, 7) is 8.41. The molecule has 6 heteroatoms. The van der Waals surface area contributed by atoms with Crippen molar-refractivity contribution in [2.24, 2.45) is 10.7 Å². The Morgan fingerprint density at radius 1 is 1.44 bits per heavy atom. The molecule has 0 amide bonds. The number of hydrogen-bond donors (Lipinski definition) is 1. The monoisotopic (exact) mass is 343 g/mol. The first-order valence-electron chi connectivity index (χ1n) is 5.44. The van der Waals surface area contributed by atoms with Gasteiger partial charge in [0.15, 0.2) is 5.96 Å². The molecule has 0 saturated carbocycles. The lowest BCUT2D eigenvalue weighted by Crippen LogP contribution is -2.45. The molecule has 0 aromatic carbocycles. The third kappa shape index (κ3) is 6.49. The largest absolute Gasteiger partial charge is 0.378 e. The quantitative estimate of drug-likeness (QED) is 0.353. The van der Waals surface area contributed by atoms with E-state index in [1.807, 2.05) is 18.7 Å². The minimum atomic E-state index is 0. The fraction of sp³-hybridized carbons (Fsp3) is 0.900. The molecule has 0 bridgehead atoms. The molecule has 0 atom stereocenters. The van der Waals surface area contributed by atoms with Crippen LogP contribution in [0.25, 0.3) is 0 Å². The lowest BCUT2D eigenvalue weighted by atomic mass is 10.4. The molecular formula is C10H22IN3O2. The maximum Gasteiger partial charge on any atom is 0.191 e. The predicted molar refractivity (Wildman–Crippen MR) is 75.4 cm³/mol. The Morgan fingerprint density at radius 2 is 2.06 bits per heavy atom. The molecule has 0 aliphatic carbocycles. The van der Waals surface area contributed by atoms with E-state index in [4.69, 9.17) is 15.2 Å². The van der Waals surface area contributed by atoms with E-state index in [0.29, 0.717) is 19.1 Å². The number of rotatable bonds is 4. The highest BCUT2D eigenvalue weighted by Crippen LogP contribution is 1.96. The Morgan fingerprint density at radius 3 is 2.62 bits per heavy atom. The van der Waals surface area contributed by atoms with Gasteiger partial charge in [-0.3, -0.25) is 4.99 Å². The summed E-state index contributed by atoms with van der Waals surface area (Å²) in [5.41, 5.74) is 5.83. The van der Waals surface area contributed by atoms with Crippen LogP contribution in [0, 0.1) is 0 Å². The standard InChI is InChI=1S/C10H21N3O2.HI/c1-9(2)15-6-3-12-10(11)13-4-7-14-8-5-13;/h9H,3-8H2,1-2H3,(H2,11,12);1H. The SMILES string of the molecule is CC(C)OCCN=C(N)N1CCOCC1.I. The molecule has 1 heterocycles. The molecule has 0 aromatic rings. The van der Waals surface area contributed by atoms with Crippen LogP contribution in [-0.2, 0) is 9.47 Å². The first-order valence-corrected chi connectivity index (χ1v) is 5.44. The van der Waals surface area contributed by atoms with Crippen molar-refractivity contribution in [2.45, 2.75) is 20.0 Å². The van der Waals surface area contributed by atoms with Gasteiger partial charge in [-0.1, -0.05) is 0 Å². The van der Waals surface area contributed by atoms with Crippen molar-refractivity contribution in [3.8, 4) is 0 Å². The van der Waals surface area contributed by atoms with Crippen LogP contribution in [0.2, 0.25) is 0 Å². The number of ether oxygens (including phenoxy) is 2. The van der Waals surface area contributed by atoms with Crippen LogP contribution < -0.4 is 5.73 Å². The summed E-state index contributed by atoms with van der Waals surface area (Å²) in [5, 5.41) is 0. The maximum absolute atomic E-state index is 5.83. The van der Waals surface area contributed by atoms with Gasteiger partial charge in [0.25, 0.3) is 0 Å². The summed E-state index contributed by atoms with van der Waals surface area (Å²) >= 11 is 0. The molecule has 0 spiro atoms. The van der Waals surface area contributed by atoms with Gasteiger partial charge in [0, 0.05) is 13.1 Å². The number of halogens is 1. The lowest BCUT2D eigenvalue weighted by molar-refractivity contribution is 0.0667. The summed E-state index contributed by atoms with van der Waals surface area (Å²) in [5.74, 6) is 0.602. The average molecular weight is 343 g/mol. The van der Waals surface area contributed by atoms with Crippen LogP contribution >= 0.6 is 24.0 Å². The van der Waals surface area contributed by atoms with Gasteiger partial charge in [0.05, 0.1) is 32.5 Å². The van der Waals surface area contributed by atoms with Crippen LogP contribution in [0.5, 0.6) is 0 Å². The van der Waals surface area contributed by atoms with Gasteiger partial charge >= 0.3 is 0 Å².